The van der Waals surface area contributed by atoms with Crippen molar-refractivity contribution >= 4 is 22.8 Å². The van der Waals surface area contributed by atoms with E-state index in [-0.39, 0.29) is 35.9 Å². The molecule has 2 aliphatic heterocycles. The molecule has 1 saturated carbocycles. The van der Waals surface area contributed by atoms with Crippen LogP contribution in [-0.4, -0.2) is 83.9 Å². The van der Waals surface area contributed by atoms with Gasteiger partial charge in [-0.2, -0.15) is 5.10 Å². The van der Waals surface area contributed by atoms with E-state index in [1.165, 1.54) is 22.7 Å². The fourth-order valence-corrected chi connectivity index (χ4v) is 5.98. The van der Waals surface area contributed by atoms with E-state index in [0.717, 1.165) is 51.0 Å². The molecule has 6 rings (SSSR count). The van der Waals surface area contributed by atoms with E-state index in [4.69, 9.17) is 0 Å². The molecule has 0 spiro atoms. The first-order valence-electron chi connectivity index (χ1n) is 14.3. The lowest BCUT2D eigenvalue weighted by atomic mass is 9.91. The van der Waals surface area contributed by atoms with Crippen molar-refractivity contribution in [2.45, 2.75) is 70.2 Å². The van der Waals surface area contributed by atoms with Crippen LogP contribution >= 0.6 is 0 Å². The van der Waals surface area contributed by atoms with E-state index in [2.05, 4.69) is 32.4 Å². The van der Waals surface area contributed by atoms with E-state index in [1.807, 2.05) is 17.0 Å². The summed E-state index contributed by atoms with van der Waals surface area (Å²) < 4.78 is 3.13. The second-order valence-corrected chi connectivity index (χ2v) is 11.7. The summed E-state index contributed by atoms with van der Waals surface area (Å²) >= 11 is 0. The molecular formula is C29H37N7O4. The molecule has 1 aliphatic carbocycles. The predicted octanol–water partition coefficient (Wildman–Crippen LogP) is 1.45. The van der Waals surface area contributed by atoms with Gasteiger partial charge >= 0.3 is 0 Å². The van der Waals surface area contributed by atoms with Crippen molar-refractivity contribution in [2.75, 3.05) is 26.2 Å². The van der Waals surface area contributed by atoms with Gasteiger partial charge in [0.1, 0.15) is 11.7 Å². The Morgan fingerprint density at radius 1 is 1.05 bits per heavy atom. The monoisotopic (exact) mass is 547 g/mol. The molecule has 40 heavy (non-hydrogen) atoms. The van der Waals surface area contributed by atoms with E-state index in [0.29, 0.717) is 37.0 Å². The molecule has 3 aliphatic rings. The lowest BCUT2D eigenvalue weighted by molar-refractivity contribution is -0.137. The number of nitrogens with one attached hydrogen (secondary N) is 1. The average Bonchev–Trinajstić information content (AvgIpc) is 3.70. The Kier molecular flexibility index (Phi) is 7.18. The maximum absolute atomic E-state index is 13.3. The smallest absolute Gasteiger partial charge is 0.264 e. The van der Waals surface area contributed by atoms with Crippen LogP contribution in [0.15, 0.2) is 41.6 Å². The highest BCUT2D eigenvalue weighted by atomic mass is 16.3. The van der Waals surface area contributed by atoms with Gasteiger partial charge in [0.25, 0.3) is 5.56 Å². The van der Waals surface area contributed by atoms with Crippen LogP contribution < -0.4 is 10.9 Å². The number of amides is 2. The molecule has 0 radical (unpaired) electrons. The number of rotatable bonds is 7. The Labute approximate surface area is 232 Å². The maximum Gasteiger partial charge on any atom is 0.264 e. The second kappa shape index (κ2) is 10.8. The second-order valence-electron chi connectivity index (χ2n) is 11.7. The number of aromatic nitrogens is 4. The molecule has 11 heteroatoms. The van der Waals surface area contributed by atoms with Crippen molar-refractivity contribution in [1.82, 2.24) is 34.4 Å². The zero-order chi connectivity index (χ0) is 27.9. The zero-order valence-corrected chi connectivity index (χ0v) is 23.0. The van der Waals surface area contributed by atoms with Gasteiger partial charge < -0.3 is 15.3 Å². The molecule has 0 bridgehead atoms. The Balaban J connectivity index is 1.10. The van der Waals surface area contributed by atoms with Gasteiger partial charge in [0.15, 0.2) is 5.65 Å². The molecule has 0 atom stereocenters. The van der Waals surface area contributed by atoms with Gasteiger partial charge in [0.05, 0.1) is 24.0 Å². The third-order valence-electron chi connectivity index (χ3n) is 8.53. The lowest BCUT2D eigenvalue weighted by Gasteiger charge is -2.38. The summed E-state index contributed by atoms with van der Waals surface area (Å²) in [5.41, 5.74) is 1.20. The summed E-state index contributed by atoms with van der Waals surface area (Å²) in [6.45, 7) is 5.46. The number of carbonyl (C=O) groups excluding carboxylic acids is 2. The number of hydrogen-bond acceptors (Lipinski definition) is 7. The van der Waals surface area contributed by atoms with Crippen LogP contribution in [0.25, 0.3) is 16.7 Å². The Morgan fingerprint density at radius 2 is 1.75 bits per heavy atom. The molecule has 3 aromatic rings. The van der Waals surface area contributed by atoms with E-state index in [9.17, 15) is 19.5 Å². The number of fused-ring (bicyclic) bond motifs is 1. The summed E-state index contributed by atoms with van der Waals surface area (Å²) in [5.74, 6) is 0.406. The van der Waals surface area contributed by atoms with Crippen molar-refractivity contribution in [3.05, 3.63) is 52.7 Å². The molecule has 3 fully saturated rings. The quantitative estimate of drug-likeness (QED) is 0.459. The fraction of sp³-hybridized carbons (Fsp3) is 0.552. The molecule has 2 saturated heterocycles. The number of hydrogen-bond donors (Lipinski definition) is 2. The summed E-state index contributed by atoms with van der Waals surface area (Å²) in [7, 11) is 0. The molecule has 2 aromatic heterocycles. The Hall–Kier alpha value is -3.57. The van der Waals surface area contributed by atoms with Gasteiger partial charge in [-0.15, -0.1) is 0 Å². The zero-order valence-electron chi connectivity index (χ0n) is 23.0. The maximum atomic E-state index is 13.3. The van der Waals surface area contributed by atoms with Crippen LogP contribution in [0.2, 0.25) is 0 Å². The third-order valence-corrected chi connectivity index (χ3v) is 8.53. The highest BCUT2D eigenvalue weighted by Gasteiger charge is 2.39. The first-order valence-corrected chi connectivity index (χ1v) is 14.3. The summed E-state index contributed by atoms with van der Waals surface area (Å²) in [6, 6.07) is 8.37. The first-order chi connectivity index (χ1) is 19.3. The van der Waals surface area contributed by atoms with Gasteiger partial charge in [-0.3, -0.25) is 23.9 Å². The summed E-state index contributed by atoms with van der Waals surface area (Å²) in [4.78, 5) is 45.7. The molecule has 2 amide bonds. The predicted molar refractivity (Wildman–Crippen MR) is 149 cm³/mol. The van der Waals surface area contributed by atoms with Crippen molar-refractivity contribution in [3.8, 4) is 5.69 Å². The van der Waals surface area contributed by atoms with Crippen molar-refractivity contribution < 1.29 is 14.7 Å². The third kappa shape index (κ3) is 5.66. The normalized spacial score (nSPS) is 20.1. The van der Waals surface area contributed by atoms with Crippen LogP contribution in [-0.2, 0) is 22.7 Å². The number of nitrogens with zero attached hydrogens (tertiary/aromatic N) is 6. The number of benzene rings is 1. The van der Waals surface area contributed by atoms with Crippen molar-refractivity contribution in [3.63, 3.8) is 0 Å². The molecule has 212 valence electrons. The van der Waals surface area contributed by atoms with Gasteiger partial charge in [0, 0.05) is 51.6 Å². The topological polar surface area (TPSA) is 126 Å². The van der Waals surface area contributed by atoms with Crippen LogP contribution in [0, 0.1) is 5.92 Å². The largest absolute Gasteiger partial charge is 0.388 e. The van der Waals surface area contributed by atoms with Gasteiger partial charge in [-0.25, -0.2) is 9.67 Å². The standard InChI is InChI=1S/C29H37N7O4/c1-20(37)32-23-8-12-33(13-9-23)17-21-2-6-24(7-3-21)36-26-25(16-31-36)28(39)35(19-30-26)18-29(40)10-14-34(15-11-29)27(38)22-4-5-22/h2-3,6-7,16,19,22-23,40H,4-5,8-15,17-18H2,1H3,(H,32,37). The molecule has 1 aromatic carbocycles. The SMILES string of the molecule is CC(=O)NC1CCN(Cc2ccc(-n3ncc4c(=O)n(CC5(O)CCN(C(=O)C6CC6)CC5)cnc43)cc2)CC1. The Bertz CT molecular complexity index is 1440. The van der Waals surface area contributed by atoms with Gasteiger partial charge in [-0.05, 0) is 56.2 Å². The average molecular weight is 548 g/mol. The minimum atomic E-state index is -1.05. The lowest BCUT2D eigenvalue weighted by Crippen LogP contribution is -2.50. The number of carbonyl (C=O) groups is 2. The van der Waals surface area contributed by atoms with Crippen molar-refractivity contribution in [2.24, 2.45) is 5.92 Å². The van der Waals surface area contributed by atoms with Gasteiger partial charge in [-0.1, -0.05) is 12.1 Å². The minimum absolute atomic E-state index is 0.0318. The van der Waals surface area contributed by atoms with Crippen LogP contribution in [0.5, 0.6) is 0 Å². The molecule has 4 heterocycles. The first kappa shape index (κ1) is 26.6. The van der Waals surface area contributed by atoms with Crippen LogP contribution in [0.3, 0.4) is 0 Å². The highest BCUT2D eigenvalue weighted by molar-refractivity contribution is 5.81. The van der Waals surface area contributed by atoms with E-state index < -0.39 is 5.60 Å². The molecule has 0 unspecified atom stereocenters. The van der Waals surface area contributed by atoms with Gasteiger partial charge in [0.2, 0.25) is 11.8 Å². The summed E-state index contributed by atoms with van der Waals surface area (Å²) in [5, 5.41) is 19.0. The Morgan fingerprint density at radius 3 is 2.40 bits per heavy atom. The molecular weight excluding hydrogens is 510 g/mol. The minimum Gasteiger partial charge on any atom is -0.388 e. The van der Waals surface area contributed by atoms with Crippen molar-refractivity contribution in [1.29, 1.82) is 0 Å². The van der Waals surface area contributed by atoms with E-state index >= 15 is 0 Å². The van der Waals surface area contributed by atoms with Crippen LogP contribution in [0.4, 0.5) is 0 Å². The molecule has 2 N–H and O–H groups in total. The number of piperidine rings is 2. The summed E-state index contributed by atoms with van der Waals surface area (Å²) in [6.07, 6.45) is 7.76. The molecule has 11 nitrogen and oxygen atoms in total. The number of aliphatic hydroxyl groups is 1. The highest BCUT2D eigenvalue weighted by Crippen LogP contribution is 2.33. The van der Waals surface area contributed by atoms with Crippen LogP contribution in [0.1, 0.15) is 51.0 Å². The number of likely N-dealkylation sites (tertiary alicyclic amines) is 2. The fourth-order valence-electron chi connectivity index (χ4n) is 5.98. The van der Waals surface area contributed by atoms with E-state index in [1.54, 1.807) is 11.6 Å².